The second-order valence-electron chi connectivity index (χ2n) is 4.43. The van der Waals surface area contributed by atoms with Crippen molar-refractivity contribution in [2.24, 2.45) is 0 Å². The molecule has 2 aromatic carbocycles. The van der Waals surface area contributed by atoms with Crippen molar-refractivity contribution in [3.8, 4) is 0 Å². The molecule has 1 atom stereocenters. The Morgan fingerprint density at radius 1 is 1.00 bits per heavy atom. The van der Waals surface area contributed by atoms with E-state index in [0.717, 1.165) is 16.7 Å². The van der Waals surface area contributed by atoms with Crippen molar-refractivity contribution in [1.82, 2.24) is 0 Å². The van der Waals surface area contributed by atoms with Crippen LogP contribution in [0.4, 0.5) is 5.69 Å². The summed E-state index contributed by atoms with van der Waals surface area (Å²) in [6, 6.07) is 13.4. The predicted molar refractivity (Wildman–Crippen MR) is 70.8 cm³/mol. The Morgan fingerprint density at radius 2 is 1.65 bits per heavy atom. The number of hydrogen-bond acceptors (Lipinski definition) is 2. The molecule has 88 valence electrons. The number of benzene rings is 2. The molecule has 2 heteroatoms. The molecule has 1 unspecified atom stereocenters. The van der Waals surface area contributed by atoms with Gasteiger partial charge in [-0.1, -0.05) is 35.9 Å². The Balaban J connectivity index is 2.36. The van der Waals surface area contributed by atoms with E-state index in [0.29, 0.717) is 5.69 Å². The van der Waals surface area contributed by atoms with Crippen LogP contribution in [0.15, 0.2) is 42.5 Å². The zero-order valence-electron chi connectivity index (χ0n) is 10.1. The maximum Gasteiger partial charge on any atom is 0.104 e. The van der Waals surface area contributed by atoms with Crippen molar-refractivity contribution in [3.63, 3.8) is 0 Å². The molecular formula is C15H17NO. The van der Waals surface area contributed by atoms with E-state index in [-0.39, 0.29) is 0 Å². The molecule has 2 nitrogen and oxygen atoms in total. The molecule has 0 fully saturated rings. The molecule has 2 aromatic rings. The van der Waals surface area contributed by atoms with E-state index in [1.807, 2.05) is 50.2 Å². The molecule has 2 rings (SSSR count). The van der Waals surface area contributed by atoms with Crippen LogP contribution in [0.2, 0.25) is 0 Å². The summed E-state index contributed by atoms with van der Waals surface area (Å²) >= 11 is 0. The van der Waals surface area contributed by atoms with Gasteiger partial charge in [0, 0.05) is 5.69 Å². The quantitative estimate of drug-likeness (QED) is 0.775. The highest BCUT2D eigenvalue weighted by molar-refractivity contribution is 5.43. The molecule has 0 aliphatic carbocycles. The van der Waals surface area contributed by atoms with Gasteiger partial charge >= 0.3 is 0 Å². The molecule has 0 spiro atoms. The van der Waals surface area contributed by atoms with Crippen LogP contribution >= 0.6 is 0 Å². The minimum Gasteiger partial charge on any atom is -0.399 e. The maximum absolute atomic E-state index is 10.3. The zero-order valence-corrected chi connectivity index (χ0v) is 10.1. The minimum absolute atomic E-state index is 0.587. The SMILES string of the molecule is Cc1ccc(C(O)c2ccc(N)cc2)c(C)c1. The third kappa shape index (κ3) is 2.48. The van der Waals surface area contributed by atoms with E-state index in [4.69, 9.17) is 5.73 Å². The lowest BCUT2D eigenvalue weighted by molar-refractivity contribution is 0.219. The fourth-order valence-corrected chi connectivity index (χ4v) is 1.99. The molecule has 0 aliphatic heterocycles. The van der Waals surface area contributed by atoms with Crippen LogP contribution in [0.1, 0.15) is 28.4 Å². The number of nitrogen functional groups attached to an aromatic ring is 1. The van der Waals surface area contributed by atoms with Crippen LogP contribution in [-0.2, 0) is 0 Å². The van der Waals surface area contributed by atoms with E-state index in [1.54, 1.807) is 0 Å². The number of aliphatic hydroxyl groups is 1. The molecule has 17 heavy (non-hydrogen) atoms. The molecule has 0 radical (unpaired) electrons. The fraction of sp³-hybridized carbons (Fsp3) is 0.200. The number of hydrogen-bond donors (Lipinski definition) is 2. The van der Waals surface area contributed by atoms with Crippen LogP contribution in [0.25, 0.3) is 0 Å². The van der Waals surface area contributed by atoms with Gasteiger partial charge in [0.25, 0.3) is 0 Å². The summed E-state index contributed by atoms with van der Waals surface area (Å²) in [7, 11) is 0. The Kier molecular flexibility index (Phi) is 3.16. The molecule has 3 N–H and O–H groups in total. The zero-order chi connectivity index (χ0) is 12.4. The fourth-order valence-electron chi connectivity index (χ4n) is 1.99. The maximum atomic E-state index is 10.3. The summed E-state index contributed by atoms with van der Waals surface area (Å²) in [5.41, 5.74) is 10.5. The van der Waals surface area contributed by atoms with Crippen molar-refractivity contribution in [2.75, 3.05) is 5.73 Å². The lowest BCUT2D eigenvalue weighted by Crippen LogP contribution is -2.02. The number of aliphatic hydroxyl groups excluding tert-OH is 1. The second-order valence-corrected chi connectivity index (χ2v) is 4.43. The largest absolute Gasteiger partial charge is 0.399 e. The minimum atomic E-state index is -0.587. The van der Waals surface area contributed by atoms with Gasteiger partial charge in [0.15, 0.2) is 0 Å². The Hall–Kier alpha value is -1.80. The lowest BCUT2D eigenvalue weighted by atomic mass is 9.96. The number of anilines is 1. The van der Waals surface area contributed by atoms with Gasteiger partial charge in [-0.25, -0.2) is 0 Å². The van der Waals surface area contributed by atoms with Gasteiger partial charge in [0.05, 0.1) is 0 Å². The number of aryl methyl sites for hydroxylation is 2. The topological polar surface area (TPSA) is 46.2 Å². The average molecular weight is 227 g/mol. The summed E-state index contributed by atoms with van der Waals surface area (Å²) in [4.78, 5) is 0. The smallest absolute Gasteiger partial charge is 0.104 e. The van der Waals surface area contributed by atoms with E-state index in [1.165, 1.54) is 5.56 Å². The first-order chi connectivity index (χ1) is 8.08. The van der Waals surface area contributed by atoms with E-state index < -0.39 is 6.10 Å². The van der Waals surface area contributed by atoms with Gasteiger partial charge in [0.1, 0.15) is 6.10 Å². The van der Waals surface area contributed by atoms with Crippen LogP contribution in [0, 0.1) is 13.8 Å². The number of rotatable bonds is 2. The van der Waals surface area contributed by atoms with Crippen LogP contribution in [0.3, 0.4) is 0 Å². The molecule has 0 heterocycles. The van der Waals surface area contributed by atoms with Crippen molar-refractivity contribution in [3.05, 3.63) is 64.7 Å². The van der Waals surface area contributed by atoms with Gasteiger partial charge in [-0.05, 0) is 42.7 Å². The highest BCUT2D eigenvalue weighted by atomic mass is 16.3. The highest BCUT2D eigenvalue weighted by Crippen LogP contribution is 2.25. The van der Waals surface area contributed by atoms with Gasteiger partial charge in [-0.3, -0.25) is 0 Å². The van der Waals surface area contributed by atoms with Crippen molar-refractivity contribution >= 4 is 5.69 Å². The van der Waals surface area contributed by atoms with E-state index in [2.05, 4.69) is 6.07 Å². The van der Waals surface area contributed by atoms with Gasteiger partial charge < -0.3 is 10.8 Å². The summed E-state index contributed by atoms with van der Waals surface area (Å²) in [6.07, 6.45) is -0.587. The molecular weight excluding hydrogens is 210 g/mol. The van der Waals surface area contributed by atoms with Crippen molar-refractivity contribution in [2.45, 2.75) is 20.0 Å². The first-order valence-electron chi connectivity index (χ1n) is 5.68. The van der Waals surface area contributed by atoms with E-state index in [9.17, 15) is 5.11 Å². The molecule has 0 aliphatic rings. The molecule has 0 saturated heterocycles. The van der Waals surface area contributed by atoms with E-state index >= 15 is 0 Å². The van der Waals surface area contributed by atoms with Crippen molar-refractivity contribution in [1.29, 1.82) is 0 Å². The molecule has 0 aromatic heterocycles. The third-order valence-electron chi connectivity index (χ3n) is 2.97. The van der Waals surface area contributed by atoms with Gasteiger partial charge in [0.2, 0.25) is 0 Å². The number of nitrogens with two attached hydrogens (primary N) is 1. The Labute approximate surface area is 102 Å². The summed E-state index contributed by atoms with van der Waals surface area (Å²) in [6.45, 7) is 4.06. The summed E-state index contributed by atoms with van der Waals surface area (Å²) in [5, 5.41) is 10.3. The standard InChI is InChI=1S/C15H17NO/c1-10-3-8-14(11(2)9-10)15(17)12-4-6-13(16)7-5-12/h3-9,15,17H,16H2,1-2H3. The Bertz CT molecular complexity index is 517. The molecule has 0 saturated carbocycles. The van der Waals surface area contributed by atoms with Gasteiger partial charge in [-0.2, -0.15) is 0 Å². The first-order valence-corrected chi connectivity index (χ1v) is 5.68. The molecule has 0 amide bonds. The second kappa shape index (κ2) is 4.60. The van der Waals surface area contributed by atoms with Crippen LogP contribution in [0.5, 0.6) is 0 Å². The lowest BCUT2D eigenvalue weighted by Gasteiger charge is -2.14. The van der Waals surface area contributed by atoms with Gasteiger partial charge in [-0.15, -0.1) is 0 Å². The third-order valence-corrected chi connectivity index (χ3v) is 2.97. The highest BCUT2D eigenvalue weighted by Gasteiger charge is 2.12. The monoisotopic (exact) mass is 227 g/mol. The molecule has 0 bridgehead atoms. The summed E-state index contributed by atoms with van der Waals surface area (Å²) < 4.78 is 0. The Morgan fingerprint density at radius 3 is 2.24 bits per heavy atom. The van der Waals surface area contributed by atoms with Crippen LogP contribution in [-0.4, -0.2) is 5.11 Å². The predicted octanol–water partition coefficient (Wildman–Crippen LogP) is 2.97. The average Bonchev–Trinajstić information content (AvgIpc) is 2.29. The normalized spacial score (nSPS) is 12.4. The van der Waals surface area contributed by atoms with Crippen LogP contribution < -0.4 is 5.73 Å². The summed E-state index contributed by atoms with van der Waals surface area (Å²) in [5.74, 6) is 0. The first kappa shape index (κ1) is 11.7. The van der Waals surface area contributed by atoms with Crippen molar-refractivity contribution < 1.29 is 5.11 Å².